The minimum atomic E-state index is 0.812. The van der Waals surface area contributed by atoms with Gasteiger partial charge in [0.1, 0.15) is 0 Å². The second-order valence-electron chi connectivity index (χ2n) is 3.78. The smallest absolute Gasteiger partial charge is 0.0931 e. The van der Waals surface area contributed by atoms with Gasteiger partial charge in [-0.2, -0.15) is 0 Å². The highest BCUT2D eigenvalue weighted by molar-refractivity contribution is 5.74. The van der Waals surface area contributed by atoms with Gasteiger partial charge >= 0.3 is 0 Å². The highest BCUT2D eigenvalue weighted by Crippen LogP contribution is 2.11. The third-order valence-corrected chi connectivity index (χ3v) is 2.52. The number of hydrogen-bond acceptors (Lipinski definition) is 3. The summed E-state index contributed by atoms with van der Waals surface area (Å²) in [7, 11) is 1.73. The number of methoxy groups -OCH3 is 1. The lowest BCUT2D eigenvalue weighted by Gasteiger charge is -2.04. The Morgan fingerprint density at radius 2 is 2.38 bits per heavy atom. The number of hydrogen-bond donors (Lipinski definition) is 2. The molecule has 0 saturated carbocycles. The molecule has 0 fully saturated rings. The first-order chi connectivity index (χ1) is 7.90. The molecule has 0 atom stereocenters. The standard InChI is InChI=1S/C12H17N3O/c1-16-6-2-5-13-8-10-3-4-11-12(7-10)15-9-14-11/h3-4,7,9,13H,2,5-6,8H2,1H3,(H,14,15). The molecule has 2 aromatic rings. The fourth-order valence-electron chi connectivity index (χ4n) is 1.67. The molecule has 0 aliphatic carbocycles. The van der Waals surface area contributed by atoms with Crippen LogP contribution < -0.4 is 5.32 Å². The topological polar surface area (TPSA) is 49.9 Å². The molecule has 86 valence electrons. The van der Waals surface area contributed by atoms with Crippen LogP contribution >= 0.6 is 0 Å². The number of imidazole rings is 1. The van der Waals surface area contributed by atoms with Gasteiger partial charge in [0, 0.05) is 20.3 Å². The number of fused-ring (bicyclic) bond motifs is 1. The van der Waals surface area contributed by atoms with E-state index in [1.165, 1.54) is 5.56 Å². The Morgan fingerprint density at radius 3 is 3.25 bits per heavy atom. The first-order valence-corrected chi connectivity index (χ1v) is 5.52. The summed E-state index contributed by atoms with van der Waals surface area (Å²) in [5, 5.41) is 3.38. The zero-order valence-electron chi connectivity index (χ0n) is 9.49. The summed E-state index contributed by atoms with van der Waals surface area (Å²) in [5.41, 5.74) is 3.38. The fraction of sp³-hybridized carbons (Fsp3) is 0.417. The lowest BCUT2D eigenvalue weighted by molar-refractivity contribution is 0.194. The van der Waals surface area contributed by atoms with Crippen LogP contribution in [0.25, 0.3) is 11.0 Å². The van der Waals surface area contributed by atoms with E-state index < -0.39 is 0 Å². The van der Waals surface area contributed by atoms with E-state index in [1.54, 1.807) is 13.4 Å². The maximum absolute atomic E-state index is 4.99. The number of nitrogens with zero attached hydrogens (tertiary/aromatic N) is 1. The SMILES string of the molecule is COCCCNCc1ccc2nc[nH]c2c1. The van der Waals surface area contributed by atoms with Crippen molar-refractivity contribution in [2.75, 3.05) is 20.3 Å². The van der Waals surface area contributed by atoms with Crippen molar-refractivity contribution in [3.63, 3.8) is 0 Å². The van der Waals surface area contributed by atoms with Crippen LogP contribution in [-0.4, -0.2) is 30.2 Å². The van der Waals surface area contributed by atoms with Crippen LogP contribution in [0.1, 0.15) is 12.0 Å². The molecule has 1 aromatic heterocycles. The average molecular weight is 219 g/mol. The van der Waals surface area contributed by atoms with Crippen molar-refractivity contribution >= 4 is 11.0 Å². The predicted molar refractivity (Wildman–Crippen MR) is 64.3 cm³/mol. The third kappa shape index (κ3) is 2.81. The molecule has 0 saturated heterocycles. The van der Waals surface area contributed by atoms with E-state index >= 15 is 0 Å². The minimum absolute atomic E-state index is 0.812. The number of aromatic amines is 1. The normalized spacial score (nSPS) is 11.1. The van der Waals surface area contributed by atoms with E-state index in [0.29, 0.717) is 0 Å². The second kappa shape index (κ2) is 5.63. The molecule has 0 unspecified atom stereocenters. The van der Waals surface area contributed by atoms with Crippen molar-refractivity contribution < 1.29 is 4.74 Å². The first kappa shape index (κ1) is 11.1. The highest BCUT2D eigenvalue weighted by Gasteiger charge is 1.97. The molecule has 1 aromatic carbocycles. The quantitative estimate of drug-likeness (QED) is 0.727. The molecule has 0 aliphatic heterocycles. The van der Waals surface area contributed by atoms with Crippen LogP contribution in [0, 0.1) is 0 Å². The number of nitrogens with one attached hydrogen (secondary N) is 2. The Kier molecular flexibility index (Phi) is 3.91. The maximum Gasteiger partial charge on any atom is 0.0931 e. The van der Waals surface area contributed by atoms with E-state index in [4.69, 9.17) is 4.74 Å². The molecule has 16 heavy (non-hydrogen) atoms. The van der Waals surface area contributed by atoms with Crippen molar-refractivity contribution in [1.29, 1.82) is 0 Å². The lowest BCUT2D eigenvalue weighted by Crippen LogP contribution is -2.15. The third-order valence-electron chi connectivity index (χ3n) is 2.52. The van der Waals surface area contributed by atoms with Gasteiger partial charge in [-0.3, -0.25) is 0 Å². The van der Waals surface area contributed by atoms with E-state index in [0.717, 1.165) is 37.2 Å². The molecule has 2 rings (SSSR count). The Hall–Kier alpha value is -1.39. The van der Waals surface area contributed by atoms with Crippen molar-refractivity contribution in [3.05, 3.63) is 30.1 Å². The maximum atomic E-state index is 4.99. The second-order valence-corrected chi connectivity index (χ2v) is 3.78. The molecular weight excluding hydrogens is 202 g/mol. The Morgan fingerprint density at radius 1 is 1.44 bits per heavy atom. The van der Waals surface area contributed by atoms with Crippen LogP contribution in [-0.2, 0) is 11.3 Å². The number of rotatable bonds is 6. The molecule has 0 radical (unpaired) electrons. The summed E-state index contributed by atoms with van der Waals surface area (Å²) < 4.78 is 4.99. The van der Waals surface area contributed by atoms with Crippen LogP contribution in [0.3, 0.4) is 0 Å². The summed E-state index contributed by atoms with van der Waals surface area (Å²) in [6, 6.07) is 6.27. The van der Waals surface area contributed by atoms with Crippen LogP contribution in [0.2, 0.25) is 0 Å². The van der Waals surface area contributed by atoms with Gasteiger partial charge in [0.25, 0.3) is 0 Å². The Bertz CT molecular complexity index is 439. The summed E-state index contributed by atoms with van der Waals surface area (Å²) in [4.78, 5) is 7.30. The Balaban J connectivity index is 1.84. The molecular formula is C12H17N3O. The van der Waals surface area contributed by atoms with Gasteiger partial charge < -0.3 is 15.0 Å². The van der Waals surface area contributed by atoms with Crippen LogP contribution in [0.4, 0.5) is 0 Å². The van der Waals surface area contributed by atoms with Gasteiger partial charge in [0.05, 0.1) is 17.4 Å². The van der Waals surface area contributed by atoms with Gasteiger partial charge in [0.15, 0.2) is 0 Å². The molecule has 4 heteroatoms. The van der Waals surface area contributed by atoms with Gasteiger partial charge in [-0.25, -0.2) is 4.98 Å². The fourth-order valence-corrected chi connectivity index (χ4v) is 1.67. The average Bonchev–Trinajstić information content (AvgIpc) is 2.76. The predicted octanol–water partition coefficient (Wildman–Crippen LogP) is 1.69. The summed E-state index contributed by atoms with van der Waals surface area (Å²) in [6.07, 6.45) is 2.77. The summed E-state index contributed by atoms with van der Waals surface area (Å²) in [6.45, 7) is 2.68. The number of ether oxygens (including phenoxy) is 1. The summed E-state index contributed by atoms with van der Waals surface area (Å²) >= 11 is 0. The van der Waals surface area contributed by atoms with Crippen molar-refractivity contribution in [1.82, 2.24) is 15.3 Å². The molecule has 0 aliphatic rings. The van der Waals surface area contributed by atoms with Crippen LogP contribution in [0.5, 0.6) is 0 Å². The van der Waals surface area contributed by atoms with Gasteiger partial charge in [0.2, 0.25) is 0 Å². The molecule has 2 N–H and O–H groups in total. The van der Waals surface area contributed by atoms with E-state index in [1.807, 2.05) is 6.07 Å². The minimum Gasteiger partial charge on any atom is -0.385 e. The number of benzene rings is 1. The van der Waals surface area contributed by atoms with E-state index in [-0.39, 0.29) is 0 Å². The monoisotopic (exact) mass is 219 g/mol. The zero-order valence-corrected chi connectivity index (χ0v) is 9.49. The van der Waals surface area contributed by atoms with Crippen molar-refractivity contribution in [2.45, 2.75) is 13.0 Å². The van der Waals surface area contributed by atoms with E-state index in [2.05, 4.69) is 27.4 Å². The summed E-state index contributed by atoms with van der Waals surface area (Å²) in [5.74, 6) is 0. The van der Waals surface area contributed by atoms with Gasteiger partial charge in [-0.05, 0) is 30.7 Å². The molecule has 1 heterocycles. The van der Waals surface area contributed by atoms with Crippen molar-refractivity contribution in [3.8, 4) is 0 Å². The highest BCUT2D eigenvalue weighted by atomic mass is 16.5. The molecule has 4 nitrogen and oxygen atoms in total. The number of H-pyrrole nitrogens is 1. The first-order valence-electron chi connectivity index (χ1n) is 5.52. The molecule has 0 bridgehead atoms. The lowest BCUT2D eigenvalue weighted by atomic mass is 10.2. The van der Waals surface area contributed by atoms with Crippen molar-refractivity contribution in [2.24, 2.45) is 0 Å². The largest absolute Gasteiger partial charge is 0.385 e. The van der Waals surface area contributed by atoms with Gasteiger partial charge in [-0.1, -0.05) is 6.07 Å². The zero-order chi connectivity index (χ0) is 11.2. The Labute approximate surface area is 95.0 Å². The molecule has 0 spiro atoms. The van der Waals surface area contributed by atoms with Gasteiger partial charge in [-0.15, -0.1) is 0 Å². The van der Waals surface area contributed by atoms with E-state index in [9.17, 15) is 0 Å². The molecule has 0 amide bonds. The number of aromatic nitrogens is 2. The van der Waals surface area contributed by atoms with Crippen LogP contribution in [0.15, 0.2) is 24.5 Å².